The maximum Gasteiger partial charge on any atom is 0.326 e. The highest BCUT2D eigenvalue weighted by atomic mass is 33.1. The van der Waals surface area contributed by atoms with Gasteiger partial charge in [-0.25, -0.2) is 4.79 Å². The van der Waals surface area contributed by atoms with E-state index in [0.717, 1.165) is 24.5 Å². The van der Waals surface area contributed by atoms with Crippen molar-refractivity contribution in [1.29, 1.82) is 0 Å². The fourth-order valence-corrected chi connectivity index (χ4v) is 5.06. The summed E-state index contributed by atoms with van der Waals surface area (Å²) in [6, 6.07) is -0.723. The molecule has 0 aromatic rings. The van der Waals surface area contributed by atoms with E-state index in [4.69, 9.17) is 5.11 Å². The Morgan fingerprint density at radius 3 is 2.79 bits per heavy atom. The lowest BCUT2D eigenvalue weighted by Crippen LogP contribution is -2.40. The van der Waals surface area contributed by atoms with Crippen LogP contribution in [0.25, 0.3) is 0 Å². The van der Waals surface area contributed by atoms with Crippen LogP contribution in [-0.4, -0.2) is 34.0 Å². The minimum absolute atomic E-state index is 0.130. The first kappa shape index (κ1) is 16.7. The van der Waals surface area contributed by atoms with Gasteiger partial charge in [-0.2, -0.15) is 0 Å². The third-order valence-electron chi connectivity index (χ3n) is 3.12. The van der Waals surface area contributed by atoms with Crippen molar-refractivity contribution < 1.29 is 14.7 Å². The van der Waals surface area contributed by atoms with E-state index in [1.807, 2.05) is 28.5 Å². The van der Waals surface area contributed by atoms with Gasteiger partial charge in [-0.15, -0.1) is 0 Å². The van der Waals surface area contributed by atoms with E-state index in [9.17, 15) is 9.59 Å². The number of amides is 1. The molecule has 0 aromatic carbocycles. The Balaban J connectivity index is 2.10. The Hall–Kier alpha value is -0.360. The van der Waals surface area contributed by atoms with Gasteiger partial charge in [0.15, 0.2) is 0 Å². The Bertz CT molecular complexity index is 294. The van der Waals surface area contributed by atoms with E-state index >= 15 is 0 Å². The minimum Gasteiger partial charge on any atom is -0.480 e. The van der Waals surface area contributed by atoms with Crippen LogP contribution in [0.15, 0.2) is 0 Å². The zero-order valence-electron chi connectivity index (χ0n) is 11.4. The van der Waals surface area contributed by atoms with Crippen molar-refractivity contribution in [3.8, 4) is 0 Å². The summed E-state index contributed by atoms with van der Waals surface area (Å²) in [7, 11) is 3.90. The highest BCUT2D eigenvalue weighted by molar-refractivity contribution is 8.77. The number of hydrogen-bond donors (Lipinski definition) is 2. The fourth-order valence-electron chi connectivity index (χ4n) is 2.03. The predicted octanol–water partition coefficient (Wildman–Crippen LogP) is 3.07. The summed E-state index contributed by atoms with van der Waals surface area (Å²) in [6.45, 7) is 1.92. The molecule has 0 aromatic heterocycles. The molecule has 6 heteroatoms. The summed E-state index contributed by atoms with van der Waals surface area (Å²) in [5.74, 6) is 0.177. The normalized spacial score (nSPS) is 20.2. The maximum absolute atomic E-state index is 11.6. The van der Waals surface area contributed by atoms with Crippen molar-refractivity contribution in [2.45, 2.75) is 63.2 Å². The second-order valence-electron chi connectivity index (χ2n) is 4.82. The van der Waals surface area contributed by atoms with Crippen molar-refractivity contribution in [3.63, 3.8) is 0 Å². The lowest BCUT2D eigenvalue weighted by molar-refractivity contribution is -0.142. The molecule has 1 saturated heterocycles. The smallest absolute Gasteiger partial charge is 0.326 e. The predicted molar refractivity (Wildman–Crippen MR) is 81.4 cm³/mol. The molecule has 0 saturated carbocycles. The molecule has 0 bridgehead atoms. The SMILES string of the molecule is CCCC(NC(=O)CCCCC1CCSS1)C(=O)O. The third-order valence-corrected chi connectivity index (χ3v) is 6.12. The van der Waals surface area contributed by atoms with Gasteiger partial charge in [-0.3, -0.25) is 4.79 Å². The van der Waals surface area contributed by atoms with Gasteiger partial charge in [-0.1, -0.05) is 41.4 Å². The first-order valence-corrected chi connectivity index (χ1v) is 9.32. The second kappa shape index (κ2) is 9.53. The fraction of sp³-hybridized carbons (Fsp3) is 0.846. The first-order chi connectivity index (χ1) is 9.13. The number of aliphatic carboxylic acids is 1. The topological polar surface area (TPSA) is 66.4 Å². The van der Waals surface area contributed by atoms with E-state index in [-0.39, 0.29) is 5.91 Å². The van der Waals surface area contributed by atoms with Crippen LogP contribution in [0.4, 0.5) is 0 Å². The molecule has 4 nitrogen and oxygen atoms in total. The molecule has 110 valence electrons. The van der Waals surface area contributed by atoms with Crippen LogP contribution in [-0.2, 0) is 9.59 Å². The molecular weight excluding hydrogens is 282 g/mol. The molecule has 2 atom stereocenters. The molecular formula is C13H23NO3S2. The van der Waals surface area contributed by atoms with E-state index < -0.39 is 12.0 Å². The monoisotopic (exact) mass is 305 g/mol. The van der Waals surface area contributed by atoms with E-state index in [2.05, 4.69) is 5.32 Å². The maximum atomic E-state index is 11.6. The zero-order valence-corrected chi connectivity index (χ0v) is 13.0. The first-order valence-electron chi connectivity index (χ1n) is 6.94. The van der Waals surface area contributed by atoms with E-state index in [0.29, 0.717) is 12.8 Å². The minimum atomic E-state index is -0.936. The number of carbonyl (C=O) groups is 2. The van der Waals surface area contributed by atoms with Crippen molar-refractivity contribution in [2.75, 3.05) is 5.75 Å². The molecule has 1 amide bonds. The Morgan fingerprint density at radius 1 is 1.42 bits per heavy atom. The quantitative estimate of drug-likeness (QED) is 0.506. The summed E-state index contributed by atoms with van der Waals surface area (Å²) >= 11 is 0. The number of carboxylic acids is 1. The molecule has 1 aliphatic heterocycles. The van der Waals surface area contributed by atoms with Gasteiger partial charge in [0.1, 0.15) is 6.04 Å². The summed E-state index contributed by atoms with van der Waals surface area (Å²) < 4.78 is 0. The van der Waals surface area contributed by atoms with Crippen LogP contribution < -0.4 is 5.32 Å². The molecule has 1 rings (SSSR count). The van der Waals surface area contributed by atoms with E-state index in [1.54, 1.807) is 0 Å². The molecule has 1 heterocycles. The number of nitrogens with one attached hydrogen (secondary N) is 1. The number of rotatable bonds is 9. The third kappa shape index (κ3) is 7.11. The van der Waals surface area contributed by atoms with Crippen LogP contribution >= 0.6 is 21.6 Å². The van der Waals surface area contributed by atoms with Gasteiger partial charge in [0.25, 0.3) is 0 Å². The van der Waals surface area contributed by atoms with Gasteiger partial charge < -0.3 is 10.4 Å². The zero-order chi connectivity index (χ0) is 14.1. The van der Waals surface area contributed by atoms with E-state index in [1.165, 1.54) is 18.6 Å². The van der Waals surface area contributed by atoms with Gasteiger partial charge in [0, 0.05) is 17.4 Å². The molecule has 0 radical (unpaired) electrons. The van der Waals surface area contributed by atoms with Crippen LogP contribution in [0.3, 0.4) is 0 Å². The lowest BCUT2D eigenvalue weighted by atomic mass is 10.1. The molecule has 2 N–H and O–H groups in total. The number of carboxylic acid groups (broad SMARTS) is 1. The number of unbranched alkanes of at least 4 members (excludes halogenated alkanes) is 1. The van der Waals surface area contributed by atoms with Crippen molar-refractivity contribution in [3.05, 3.63) is 0 Å². The largest absolute Gasteiger partial charge is 0.480 e. The van der Waals surface area contributed by atoms with Gasteiger partial charge in [-0.05, 0) is 25.7 Å². The standard InChI is InChI=1S/C13H23NO3S2/c1-2-5-11(13(16)17)14-12(15)7-4-3-6-10-8-9-18-19-10/h10-11H,2-9H2,1H3,(H,14,15)(H,16,17). The Morgan fingerprint density at radius 2 is 2.21 bits per heavy atom. The van der Waals surface area contributed by atoms with Crippen molar-refractivity contribution in [1.82, 2.24) is 5.32 Å². The molecule has 1 fully saturated rings. The number of carbonyl (C=O) groups excluding carboxylic acids is 1. The van der Waals surface area contributed by atoms with Crippen LogP contribution in [0, 0.1) is 0 Å². The number of hydrogen-bond acceptors (Lipinski definition) is 4. The van der Waals surface area contributed by atoms with Gasteiger partial charge >= 0.3 is 5.97 Å². The molecule has 19 heavy (non-hydrogen) atoms. The molecule has 2 unspecified atom stereocenters. The van der Waals surface area contributed by atoms with Crippen LogP contribution in [0.1, 0.15) is 51.9 Å². The summed E-state index contributed by atoms with van der Waals surface area (Å²) in [5, 5.41) is 12.3. The second-order valence-corrected chi connectivity index (χ2v) is 7.61. The van der Waals surface area contributed by atoms with Gasteiger partial charge in [0.05, 0.1) is 0 Å². The highest BCUT2D eigenvalue weighted by Gasteiger charge is 2.19. The van der Waals surface area contributed by atoms with Crippen LogP contribution in [0.5, 0.6) is 0 Å². The van der Waals surface area contributed by atoms with Gasteiger partial charge in [0.2, 0.25) is 5.91 Å². The Kier molecular flexibility index (Phi) is 8.37. The Labute approximate surface area is 122 Å². The average molecular weight is 305 g/mol. The van der Waals surface area contributed by atoms with Crippen molar-refractivity contribution >= 4 is 33.5 Å². The molecule has 0 spiro atoms. The molecule has 0 aliphatic carbocycles. The molecule has 1 aliphatic rings. The average Bonchev–Trinajstić information content (AvgIpc) is 2.87. The van der Waals surface area contributed by atoms with Crippen molar-refractivity contribution in [2.24, 2.45) is 0 Å². The highest BCUT2D eigenvalue weighted by Crippen LogP contribution is 2.39. The summed E-state index contributed by atoms with van der Waals surface area (Å²) in [5.41, 5.74) is 0. The lowest BCUT2D eigenvalue weighted by Gasteiger charge is -2.13. The summed E-state index contributed by atoms with van der Waals surface area (Å²) in [6.07, 6.45) is 6.05. The van der Waals surface area contributed by atoms with Crippen LogP contribution in [0.2, 0.25) is 0 Å². The summed E-state index contributed by atoms with van der Waals surface area (Å²) in [4.78, 5) is 22.6.